The van der Waals surface area contributed by atoms with Gasteiger partial charge in [-0.2, -0.15) is 0 Å². The molecule has 4 rings (SSSR count). The van der Waals surface area contributed by atoms with Gasteiger partial charge in [-0.15, -0.1) is 0 Å². The van der Waals surface area contributed by atoms with Gasteiger partial charge in [0.25, 0.3) is 0 Å². The van der Waals surface area contributed by atoms with Gasteiger partial charge in [-0.3, -0.25) is 10.3 Å². The van der Waals surface area contributed by atoms with Crippen molar-refractivity contribution in [2.75, 3.05) is 12.4 Å². The number of pyridine rings is 2. The van der Waals surface area contributed by atoms with Crippen molar-refractivity contribution in [1.82, 2.24) is 15.3 Å². The van der Waals surface area contributed by atoms with Gasteiger partial charge in [-0.25, -0.2) is 9.78 Å². The van der Waals surface area contributed by atoms with Crippen LogP contribution in [0, 0.1) is 0 Å². The lowest BCUT2D eigenvalue weighted by atomic mass is 10.1. The lowest BCUT2D eigenvalue weighted by Crippen LogP contribution is -2.36. The van der Waals surface area contributed by atoms with Gasteiger partial charge in [0.1, 0.15) is 5.82 Å². The summed E-state index contributed by atoms with van der Waals surface area (Å²) < 4.78 is 5.17. The molecular formula is C21H22N4O3. The zero-order valence-corrected chi connectivity index (χ0v) is 15.6. The summed E-state index contributed by atoms with van der Waals surface area (Å²) in [6.07, 6.45) is 6.13. The van der Waals surface area contributed by atoms with Gasteiger partial charge in [-0.1, -0.05) is 18.9 Å². The largest absolute Gasteiger partial charge is 0.504 e. The van der Waals surface area contributed by atoms with E-state index in [0.717, 1.165) is 42.3 Å². The Morgan fingerprint density at radius 2 is 1.93 bits per heavy atom. The highest BCUT2D eigenvalue weighted by atomic mass is 16.5. The average molecular weight is 378 g/mol. The molecule has 0 radical (unpaired) electrons. The van der Waals surface area contributed by atoms with Crippen LogP contribution in [0.15, 0.2) is 42.6 Å². The number of anilines is 1. The molecule has 0 unspecified atom stereocenters. The summed E-state index contributed by atoms with van der Waals surface area (Å²) >= 11 is 0. The predicted molar refractivity (Wildman–Crippen MR) is 108 cm³/mol. The lowest BCUT2D eigenvalue weighted by molar-refractivity contribution is 0.248. The quantitative estimate of drug-likeness (QED) is 0.636. The number of fused-ring (bicyclic) bond motifs is 1. The topological polar surface area (TPSA) is 96.4 Å². The van der Waals surface area contributed by atoms with E-state index in [1.165, 1.54) is 7.11 Å². The highest BCUT2D eigenvalue weighted by Gasteiger charge is 2.17. The van der Waals surface area contributed by atoms with Crippen LogP contribution in [0.25, 0.3) is 22.2 Å². The van der Waals surface area contributed by atoms with Crippen LogP contribution in [-0.2, 0) is 0 Å². The molecule has 1 aliphatic rings. The first-order valence-corrected chi connectivity index (χ1v) is 9.34. The SMILES string of the molecule is COc1cc(-c2cnc3ccc(NC(=O)NC4CCCC4)nc3c2)ccc1O. The molecule has 3 N–H and O–H groups in total. The third kappa shape index (κ3) is 3.83. The van der Waals surface area contributed by atoms with Crippen LogP contribution in [0.4, 0.5) is 10.6 Å². The van der Waals surface area contributed by atoms with Gasteiger partial charge >= 0.3 is 6.03 Å². The fraction of sp³-hybridized carbons (Fsp3) is 0.286. The molecule has 144 valence electrons. The molecule has 1 fully saturated rings. The minimum absolute atomic E-state index is 0.0814. The van der Waals surface area contributed by atoms with Crippen LogP contribution >= 0.6 is 0 Å². The number of carbonyl (C=O) groups is 1. The van der Waals surface area contributed by atoms with E-state index >= 15 is 0 Å². The highest BCUT2D eigenvalue weighted by molar-refractivity contribution is 5.90. The number of amides is 2. The maximum Gasteiger partial charge on any atom is 0.320 e. The molecule has 1 aromatic carbocycles. The van der Waals surface area contributed by atoms with Crippen LogP contribution < -0.4 is 15.4 Å². The average Bonchev–Trinajstić information content (AvgIpc) is 3.20. The summed E-state index contributed by atoms with van der Waals surface area (Å²) in [4.78, 5) is 21.1. The second-order valence-corrected chi connectivity index (χ2v) is 6.93. The first-order valence-electron chi connectivity index (χ1n) is 9.34. The van der Waals surface area contributed by atoms with Crippen LogP contribution in [0.5, 0.6) is 11.5 Å². The van der Waals surface area contributed by atoms with Crippen molar-refractivity contribution in [1.29, 1.82) is 0 Å². The summed E-state index contributed by atoms with van der Waals surface area (Å²) in [5.74, 6) is 0.952. The molecule has 7 nitrogen and oxygen atoms in total. The number of rotatable bonds is 4. The molecule has 2 aromatic heterocycles. The Kier molecular flexibility index (Phi) is 4.97. The molecular weight excluding hydrogens is 356 g/mol. The Morgan fingerprint density at radius 1 is 1.11 bits per heavy atom. The number of nitrogens with one attached hydrogen (secondary N) is 2. The molecule has 0 saturated heterocycles. The van der Waals surface area contributed by atoms with Crippen LogP contribution in [0.1, 0.15) is 25.7 Å². The molecule has 1 aliphatic carbocycles. The van der Waals surface area contributed by atoms with Crippen LogP contribution in [0.3, 0.4) is 0 Å². The van der Waals surface area contributed by atoms with E-state index in [-0.39, 0.29) is 17.8 Å². The smallest absolute Gasteiger partial charge is 0.320 e. The summed E-state index contributed by atoms with van der Waals surface area (Å²) in [5, 5.41) is 15.6. The van der Waals surface area contributed by atoms with E-state index in [2.05, 4.69) is 20.6 Å². The van der Waals surface area contributed by atoms with Gasteiger partial charge in [-0.05, 0) is 48.7 Å². The molecule has 2 amide bonds. The van der Waals surface area contributed by atoms with Gasteiger partial charge in [0.2, 0.25) is 0 Å². The van der Waals surface area contributed by atoms with Crippen molar-refractivity contribution in [2.45, 2.75) is 31.7 Å². The number of aromatic hydroxyl groups is 1. The second-order valence-electron chi connectivity index (χ2n) is 6.93. The summed E-state index contributed by atoms with van der Waals surface area (Å²) in [6, 6.07) is 10.6. The number of urea groups is 1. The summed E-state index contributed by atoms with van der Waals surface area (Å²) in [6.45, 7) is 0. The van der Waals surface area contributed by atoms with Crippen molar-refractivity contribution in [2.24, 2.45) is 0 Å². The molecule has 3 aromatic rings. The van der Waals surface area contributed by atoms with Crippen molar-refractivity contribution < 1.29 is 14.6 Å². The Hall–Kier alpha value is -3.35. The maximum atomic E-state index is 12.2. The van der Waals surface area contributed by atoms with E-state index in [1.54, 1.807) is 30.5 Å². The maximum absolute atomic E-state index is 12.2. The van der Waals surface area contributed by atoms with Gasteiger partial charge < -0.3 is 15.2 Å². The minimum Gasteiger partial charge on any atom is -0.504 e. The first kappa shape index (κ1) is 18.0. The number of ether oxygens (including phenoxy) is 1. The normalized spacial score (nSPS) is 14.2. The molecule has 0 aliphatic heterocycles. The molecule has 0 spiro atoms. The first-order chi connectivity index (χ1) is 13.6. The molecule has 2 heterocycles. The molecule has 0 atom stereocenters. The monoisotopic (exact) mass is 378 g/mol. The zero-order valence-electron chi connectivity index (χ0n) is 15.6. The number of aromatic nitrogens is 2. The summed E-state index contributed by atoms with van der Waals surface area (Å²) in [5.41, 5.74) is 3.09. The number of nitrogens with zero attached hydrogens (tertiary/aromatic N) is 2. The fourth-order valence-corrected chi connectivity index (χ4v) is 3.50. The highest BCUT2D eigenvalue weighted by Crippen LogP contribution is 2.32. The Balaban J connectivity index is 1.57. The number of benzene rings is 1. The van der Waals surface area contributed by atoms with Crippen molar-refractivity contribution >= 4 is 22.9 Å². The number of hydrogen-bond acceptors (Lipinski definition) is 5. The van der Waals surface area contributed by atoms with E-state index < -0.39 is 0 Å². The Bertz CT molecular complexity index is 1020. The number of phenols is 1. The molecule has 1 saturated carbocycles. The van der Waals surface area contributed by atoms with Crippen molar-refractivity contribution in [3.05, 3.63) is 42.6 Å². The van der Waals surface area contributed by atoms with Gasteiger partial charge in [0.15, 0.2) is 11.5 Å². The van der Waals surface area contributed by atoms with Gasteiger partial charge in [0, 0.05) is 17.8 Å². The predicted octanol–water partition coefficient (Wildman–Crippen LogP) is 4.08. The number of carbonyl (C=O) groups excluding carboxylic acids is 1. The zero-order chi connectivity index (χ0) is 19.5. The van der Waals surface area contributed by atoms with Gasteiger partial charge in [0.05, 0.1) is 18.1 Å². The van der Waals surface area contributed by atoms with Crippen molar-refractivity contribution in [3.8, 4) is 22.6 Å². The Morgan fingerprint density at radius 3 is 2.71 bits per heavy atom. The van der Waals surface area contributed by atoms with E-state index in [4.69, 9.17) is 4.74 Å². The number of hydrogen-bond donors (Lipinski definition) is 3. The third-order valence-corrected chi connectivity index (χ3v) is 4.98. The number of methoxy groups -OCH3 is 1. The van der Waals surface area contributed by atoms with Crippen LogP contribution in [-0.4, -0.2) is 34.3 Å². The number of phenolic OH excluding ortho intramolecular Hbond substituents is 1. The molecule has 28 heavy (non-hydrogen) atoms. The van der Waals surface area contributed by atoms with E-state index in [1.807, 2.05) is 12.1 Å². The minimum atomic E-state index is -0.230. The molecule has 0 bridgehead atoms. The second kappa shape index (κ2) is 7.72. The van der Waals surface area contributed by atoms with Crippen molar-refractivity contribution in [3.63, 3.8) is 0 Å². The molecule has 7 heteroatoms. The Labute approximate surface area is 162 Å². The van der Waals surface area contributed by atoms with E-state index in [0.29, 0.717) is 17.1 Å². The lowest BCUT2D eigenvalue weighted by Gasteiger charge is -2.13. The third-order valence-electron chi connectivity index (χ3n) is 4.98. The standard InChI is InChI=1S/C21H22N4O3/c1-28-19-11-13(6-8-18(19)26)14-10-17-16(22-12-14)7-9-20(24-17)25-21(27)23-15-4-2-3-5-15/h6-12,15,26H,2-5H2,1H3,(H2,23,24,25,27). The van der Waals surface area contributed by atoms with Crippen LogP contribution in [0.2, 0.25) is 0 Å². The summed E-state index contributed by atoms with van der Waals surface area (Å²) in [7, 11) is 1.51. The fourth-order valence-electron chi connectivity index (χ4n) is 3.50. The van der Waals surface area contributed by atoms with E-state index in [9.17, 15) is 9.90 Å².